The molecule has 1 aromatic carbocycles. The van der Waals surface area contributed by atoms with Crippen molar-refractivity contribution in [2.75, 3.05) is 0 Å². The van der Waals surface area contributed by atoms with Crippen molar-refractivity contribution in [3.8, 4) is 0 Å². The first-order valence-corrected chi connectivity index (χ1v) is 8.23. The Bertz CT molecular complexity index is 700. The van der Waals surface area contributed by atoms with E-state index in [0.29, 0.717) is 18.2 Å². The summed E-state index contributed by atoms with van der Waals surface area (Å²) in [6, 6.07) is 9.15. The summed E-state index contributed by atoms with van der Waals surface area (Å²) in [5.74, 6) is 0.224. The predicted octanol–water partition coefficient (Wildman–Crippen LogP) is 4.01. The number of pyridine rings is 1. The number of Topliss-reactive ketones (excluding diaryl/α,β-unsaturated/α-hetero) is 1. The fourth-order valence-electron chi connectivity index (χ4n) is 2.84. The van der Waals surface area contributed by atoms with Gasteiger partial charge < -0.3 is 4.57 Å². The van der Waals surface area contributed by atoms with Gasteiger partial charge in [-0.25, -0.2) is 0 Å². The molecule has 0 saturated carbocycles. The standard InChI is InChI=1S/C19H25NO2/c1-3-4-5-6-7-10-16(21)13-15-14-19(22)17-11-8-9-12-18(17)20(15)2/h8-9,11-12,14H,3-7,10,13H2,1-2H3. The lowest BCUT2D eigenvalue weighted by molar-refractivity contribution is -0.118. The summed E-state index contributed by atoms with van der Waals surface area (Å²) >= 11 is 0. The Balaban J connectivity index is 2.04. The highest BCUT2D eigenvalue weighted by molar-refractivity contribution is 5.83. The summed E-state index contributed by atoms with van der Waals surface area (Å²) in [5.41, 5.74) is 1.70. The molecule has 0 aliphatic rings. The van der Waals surface area contributed by atoms with Gasteiger partial charge in [0.15, 0.2) is 5.43 Å². The first kappa shape index (κ1) is 16.5. The molecule has 0 fully saturated rings. The van der Waals surface area contributed by atoms with Gasteiger partial charge in [0.05, 0.1) is 5.52 Å². The second-order valence-electron chi connectivity index (χ2n) is 5.96. The Morgan fingerprint density at radius 1 is 1.09 bits per heavy atom. The molecule has 0 bridgehead atoms. The fourth-order valence-corrected chi connectivity index (χ4v) is 2.84. The molecule has 0 spiro atoms. The molecule has 2 aromatic rings. The van der Waals surface area contributed by atoms with Gasteiger partial charge >= 0.3 is 0 Å². The van der Waals surface area contributed by atoms with Crippen molar-refractivity contribution in [1.29, 1.82) is 0 Å². The lowest BCUT2D eigenvalue weighted by atomic mass is 10.0. The van der Waals surface area contributed by atoms with Crippen LogP contribution in [0.5, 0.6) is 0 Å². The van der Waals surface area contributed by atoms with Gasteiger partial charge in [0.2, 0.25) is 0 Å². The van der Waals surface area contributed by atoms with E-state index in [4.69, 9.17) is 0 Å². The van der Waals surface area contributed by atoms with Crippen LogP contribution in [0.2, 0.25) is 0 Å². The minimum atomic E-state index is -0.000513. The number of nitrogens with zero attached hydrogens (tertiary/aromatic N) is 1. The van der Waals surface area contributed by atoms with Crippen LogP contribution in [0.15, 0.2) is 35.1 Å². The van der Waals surface area contributed by atoms with Gasteiger partial charge in [-0.15, -0.1) is 0 Å². The van der Waals surface area contributed by atoms with Gasteiger partial charge in [0, 0.05) is 37.0 Å². The number of unbranched alkanes of at least 4 members (excludes halogenated alkanes) is 4. The molecule has 118 valence electrons. The summed E-state index contributed by atoms with van der Waals surface area (Å²) < 4.78 is 1.96. The molecule has 0 N–H and O–H groups in total. The van der Waals surface area contributed by atoms with E-state index in [2.05, 4.69) is 6.92 Å². The molecule has 1 aromatic heterocycles. The lowest BCUT2D eigenvalue weighted by Crippen LogP contribution is -2.15. The molecule has 0 amide bonds. The third kappa shape index (κ3) is 4.06. The summed E-state index contributed by atoms with van der Waals surface area (Å²) in [7, 11) is 1.92. The first-order chi connectivity index (χ1) is 10.6. The molecule has 1 heterocycles. The van der Waals surface area contributed by atoms with Crippen LogP contribution in [0.25, 0.3) is 10.9 Å². The van der Waals surface area contributed by atoms with Gasteiger partial charge in [0.1, 0.15) is 5.78 Å². The van der Waals surface area contributed by atoms with Gasteiger partial charge in [-0.1, -0.05) is 44.7 Å². The van der Waals surface area contributed by atoms with Crippen LogP contribution in [0.1, 0.15) is 51.1 Å². The monoisotopic (exact) mass is 299 g/mol. The highest BCUT2D eigenvalue weighted by Crippen LogP contribution is 2.13. The zero-order valence-corrected chi connectivity index (χ0v) is 13.6. The van der Waals surface area contributed by atoms with Gasteiger partial charge in [-0.3, -0.25) is 9.59 Å². The van der Waals surface area contributed by atoms with Crippen molar-refractivity contribution in [2.24, 2.45) is 7.05 Å². The van der Waals surface area contributed by atoms with E-state index < -0.39 is 0 Å². The average molecular weight is 299 g/mol. The second kappa shape index (κ2) is 7.92. The van der Waals surface area contributed by atoms with Crippen LogP contribution in [-0.2, 0) is 18.3 Å². The molecule has 0 atom stereocenters. The van der Waals surface area contributed by atoms with Crippen molar-refractivity contribution in [3.63, 3.8) is 0 Å². The van der Waals surface area contributed by atoms with Crippen molar-refractivity contribution >= 4 is 16.7 Å². The van der Waals surface area contributed by atoms with Crippen molar-refractivity contribution in [1.82, 2.24) is 4.57 Å². The number of carbonyl (C=O) groups is 1. The molecule has 2 rings (SSSR count). The molecule has 3 heteroatoms. The predicted molar refractivity (Wildman–Crippen MR) is 91.3 cm³/mol. The highest BCUT2D eigenvalue weighted by atomic mass is 16.1. The zero-order valence-electron chi connectivity index (χ0n) is 13.6. The normalized spacial score (nSPS) is 11.0. The number of hydrogen-bond acceptors (Lipinski definition) is 2. The summed E-state index contributed by atoms with van der Waals surface area (Å²) in [4.78, 5) is 24.3. The smallest absolute Gasteiger partial charge is 0.189 e. The minimum absolute atomic E-state index is 0.000513. The number of carbonyl (C=O) groups excluding carboxylic acids is 1. The minimum Gasteiger partial charge on any atom is -0.347 e. The maximum absolute atomic E-state index is 12.1. The van der Waals surface area contributed by atoms with E-state index in [1.165, 1.54) is 19.3 Å². The number of para-hydroxylation sites is 1. The van der Waals surface area contributed by atoms with Gasteiger partial charge in [-0.05, 0) is 18.6 Å². The Morgan fingerprint density at radius 2 is 1.82 bits per heavy atom. The molecule has 0 unspecified atom stereocenters. The molecule has 0 radical (unpaired) electrons. The average Bonchev–Trinajstić information content (AvgIpc) is 2.52. The van der Waals surface area contributed by atoms with E-state index in [-0.39, 0.29) is 11.2 Å². The SMILES string of the molecule is CCCCCCCC(=O)Cc1cc(=O)c2ccccc2n1C. The molecule has 3 nitrogen and oxygen atoms in total. The molecule has 22 heavy (non-hydrogen) atoms. The third-order valence-electron chi connectivity index (χ3n) is 4.20. The molecule has 0 aliphatic heterocycles. The van der Waals surface area contributed by atoms with Crippen LogP contribution in [-0.4, -0.2) is 10.4 Å². The van der Waals surface area contributed by atoms with E-state index in [9.17, 15) is 9.59 Å². The number of aryl methyl sites for hydroxylation is 1. The van der Waals surface area contributed by atoms with Crippen LogP contribution in [0.3, 0.4) is 0 Å². The zero-order chi connectivity index (χ0) is 15.9. The third-order valence-corrected chi connectivity index (χ3v) is 4.20. The Labute approximate surface area is 132 Å². The number of ketones is 1. The Kier molecular flexibility index (Phi) is 5.93. The Morgan fingerprint density at radius 3 is 2.59 bits per heavy atom. The van der Waals surface area contributed by atoms with E-state index in [1.807, 2.05) is 35.9 Å². The fraction of sp³-hybridized carbons (Fsp3) is 0.474. The van der Waals surface area contributed by atoms with Crippen LogP contribution in [0.4, 0.5) is 0 Å². The van der Waals surface area contributed by atoms with E-state index >= 15 is 0 Å². The Hall–Kier alpha value is -1.90. The first-order valence-electron chi connectivity index (χ1n) is 8.23. The van der Waals surface area contributed by atoms with Crippen LogP contribution >= 0.6 is 0 Å². The highest BCUT2D eigenvalue weighted by Gasteiger charge is 2.10. The summed E-state index contributed by atoms with van der Waals surface area (Å²) in [6.45, 7) is 2.19. The second-order valence-corrected chi connectivity index (χ2v) is 5.96. The summed E-state index contributed by atoms with van der Waals surface area (Å²) in [5, 5.41) is 0.709. The molecule has 0 aliphatic carbocycles. The quantitative estimate of drug-likeness (QED) is 0.691. The molecular formula is C19H25NO2. The molecule has 0 saturated heterocycles. The van der Waals surface area contributed by atoms with Gasteiger partial charge in [0.25, 0.3) is 0 Å². The number of fused-ring (bicyclic) bond motifs is 1. The summed E-state index contributed by atoms with van der Waals surface area (Å²) in [6.07, 6.45) is 6.71. The van der Waals surface area contributed by atoms with Crippen molar-refractivity contribution in [3.05, 3.63) is 46.2 Å². The maximum Gasteiger partial charge on any atom is 0.189 e. The molecular weight excluding hydrogens is 274 g/mol. The number of rotatable bonds is 8. The van der Waals surface area contributed by atoms with E-state index in [1.54, 1.807) is 6.07 Å². The van der Waals surface area contributed by atoms with E-state index in [0.717, 1.165) is 24.1 Å². The number of benzene rings is 1. The number of hydrogen-bond donors (Lipinski definition) is 0. The van der Waals surface area contributed by atoms with Crippen molar-refractivity contribution < 1.29 is 4.79 Å². The largest absolute Gasteiger partial charge is 0.347 e. The topological polar surface area (TPSA) is 39.1 Å². The van der Waals surface area contributed by atoms with Crippen LogP contribution in [0, 0.1) is 0 Å². The van der Waals surface area contributed by atoms with Gasteiger partial charge in [-0.2, -0.15) is 0 Å². The maximum atomic E-state index is 12.1. The van der Waals surface area contributed by atoms with Crippen LogP contribution < -0.4 is 5.43 Å². The number of aromatic nitrogens is 1. The lowest BCUT2D eigenvalue weighted by Gasteiger charge is -2.11. The van der Waals surface area contributed by atoms with Crippen molar-refractivity contribution in [2.45, 2.75) is 51.9 Å².